The highest BCUT2D eigenvalue weighted by atomic mass is 16.3. The maximum Gasteiger partial charge on any atom is 0.252 e. The molecule has 2 N–H and O–H groups in total. The first-order chi connectivity index (χ1) is 9.54. The van der Waals surface area contributed by atoms with Crippen LogP contribution in [0.1, 0.15) is 41.5 Å². The standard InChI is InChI=1S/C15H17N3O2/c1-15(2)13(18-9-16-7-10(18)8-19)11-5-3-4-6-12(11)14(20)17-15/h3-7,9,13,19H,8H2,1-2H3,(H,17,20)/t13-/m0/s1. The van der Waals surface area contributed by atoms with Crippen LogP contribution in [0.3, 0.4) is 0 Å². The van der Waals surface area contributed by atoms with Crippen LogP contribution in [0.2, 0.25) is 0 Å². The van der Waals surface area contributed by atoms with Crippen molar-refractivity contribution in [2.45, 2.75) is 32.0 Å². The van der Waals surface area contributed by atoms with E-state index in [1.165, 1.54) is 0 Å². The number of nitrogens with one attached hydrogen (secondary N) is 1. The van der Waals surface area contributed by atoms with Gasteiger partial charge in [-0.05, 0) is 25.5 Å². The van der Waals surface area contributed by atoms with Gasteiger partial charge in [-0.15, -0.1) is 0 Å². The Labute approximate surface area is 117 Å². The number of nitrogens with zero attached hydrogens (tertiary/aromatic N) is 2. The molecule has 0 saturated carbocycles. The summed E-state index contributed by atoms with van der Waals surface area (Å²) < 4.78 is 1.93. The lowest BCUT2D eigenvalue weighted by Crippen LogP contribution is -2.54. The molecule has 1 aromatic heterocycles. The highest BCUT2D eigenvalue weighted by molar-refractivity contribution is 5.97. The van der Waals surface area contributed by atoms with Gasteiger partial charge in [0.15, 0.2) is 0 Å². The highest BCUT2D eigenvalue weighted by Gasteiger charge is 2.40. The number of rotatable bonds is 2. The Morgan fingerprint density at radius 1 is 1.40 bits per heavy atom. The van der Waals surface area contributed by atoms with Crippen molar-refractivity contribution < 1.29 is 9.90 Å². The van der Waals surface area contributed by atoms with Crippen molar-refractivity contribution in [3.63, 3.8) is 0 Å². The van der Waals surface area contributed by atoms with Crippen molar-refractivity contribution in [2.75, 3.05) is 0 Å². The van der Waals surface area contributed by atoms with Crippen molar-refractivity contribution in [3.8, 4) is 0 Å². The van der Waals surface area contributed by atoms with E-state index < -0.39 is 5.54 Å². The molecule has 1 aliphatic rings. The van der Waals surface area contributed by atoms with Gasteiger partial charge in [-0.25, -0.2) is 4.98 Å². The van der Waals surface area contributed by atoms with Gasteiger partial charge in [0, 0.05) is 5.56 Å². The summed E-state index contributed by atoms with van der Waals surface area (Å²) in [5.41, 5.74) is 1.90. The van der Waals surface area contributed by atoms with Gasteiger partial charge in [-0.2, -0.15) is 0 Å². The molecular formula is C15H17N3O2. The molecular weight excluding hydrogens is 254 g/mol. The third-order valence-corrected chi connectivity index (χ3v) is 3.81. The van der Waals surface area contributed by atoms with Crippen LogP contribution >= 0.6 is 0 Å². The summed E-state index contributed by atoms with van der Waals surface area (Å²) in [6, 6.07) is 7.47. The number of imidazole rings is 1. The van der Waals surface area contributed by atoms with Gasteiger partial charge < -0.3 is 15.0 Å². The fourth-order valence-corrected chi connectivity index (χ4v) is 2.94. The quantitative estimate of drug-likeness (QED) is 0.869. The molecule has 0 radical (unpaired) electrons. The predicted octanol–water partition coefficient (Wildman–Crippen LogP) is 1.49. The van der Waals surface area contributed by atoms with Crippen molar-refractivity contribution in [1.82, 2.24) is 14.9 Å². The number of hydrogen-bond acceptors (Lipinski definition) is 3. The van der Waals surface area contributed by atoms with Gasteiger partial charge in [0.2, 0.25) is 0 Å². The Morgan fingerprint density at radius 3 is 2.90 bits per heavy atom. The molecule has 0 aliphatic carbocycles. The van der Waals surface area contributed by atoms with E-state index >= 15 is 0 Å². The van der Waals surface area contributed by atoms with Gasteiger partial charge >= 0.3 is 0 Å². The van der Waals surface area contributed by atoms with Crippen LogP contribution in [-0.2, 0) is 6.61 Å². The Kier molecular flexibility index (Phi) is 2.87. The lowest BCUT2D eigenvalue weighted by atomic mass is 9.81. The van der Waals surface area contributed by atoms with Crippen LogP contribution in [0, 0.1) is 0 Å². The molecule has 0 spiro atoms. The van der Waals surface area contributed by atoms with E-state index in [2.05, 4.69) is 10.3 Å². The van der Waals surface area contributed by atoms with Gasteiger partial charge in [0.05, 0.1) is 36.4 Å². The third-order valence-electron chi connectivity index (χ3n) is 3.81. The third kappa shape index (κ3) is 1.82. The summed E-state index contributed by atoms with van der Waals surface area (Å²) in [6.07, 6.45) is 3.35. The van der Waals surface area contributed by atoms with Crippen molar-refractivity contribution in [2.24, 2.45) is 0 Å². The summed E-state index contributed by atoms with van der Waals surface area (Å²) >= 11 is 0. The van der Waals surface area contributed by atoms with E-state index in [9.17, 15) is 9.90 Å². The molecule has 0 bridgehead atoms. The molecule has 2 aromatic rings. The van der Waals surface area contributed by atoms with Crippen LogP contribution in [0.4, 0.5) is 0 Å². The highest BCUT2D eigenvalue weighted by Crippen LogP contribution is 2.36. The Hall–Kier alpha value is -2.14. The zero-order chi connectivity index (χ0) is 14.3. The lowest BCUT2D eigenvalue weighted by molar-refractivity contribution is 0.0865. The number of aliphatic hydroxyl groups is 1. The van der Waals surface area contributed by atoms with Crippen LogP contribution in [0.5, 0.6) is 0 Å². The maximum absolute atomic E-state index is 12.2. The molecule has 1 amide bonds. The molecule has 5 heteroatoms. The molecule has 0 fully saturated rings. The molecule has 20 heavy (non-hydrogen) atoms. The minimum Gasteiger partial charge on any atom is -0.390 e. The number of hydrogen-bond donors (Lipinski definition) is 2. The van der Waals surface area contributed by atoms with E-state index in [0.29, 0.717) is 5.56 Å². The number of aromatic nitrogens is 2. The van der Waals surface area contributed by atoms with Crippen molar-refractivity contribution in [3.05, 3.63) is 53.6 Å². The fourth-order valence-electron chi connectivity index (χ4n) is 2.94. The number of amides is 1. The average molecular weight is 271 g/mol. The van der Waals surface area contributed by atoms with Crippen LogP contribution in [0.15, 0.2) is 36.8 Å². The van der Waals surface area contributed by atoms with Gasteiger partial charge in [0.25, 0.3) is 5.91 Å². The number of fused-ring (bicyclic) bond motifs is 1. The second-order valence-electron chi connectivity index (χ2n) is 5.62. The van der Waals surface area contributed by atoms with E-state index in [-0.39, 0.29) is 18.6 Å². The average Bonchev–Trinajstić information content (AvgIpc) is 2.86. The first-order valence-electron chi connectivity index (χ1n) is 6.57. The Bertz CT molecular complexity index is 661. The molecule has 1 aliphatic heterocycles. The number of carbonyl (C=O) groups excluding carboxylic acids is 1. The zero-order valence-electron chi connectivity index (χ0n) is 11.5. The number of carbonyl (C=O) groups is 1. The van der Waals surface area contributed by atoms with Crippen molar-refractivity contribution >= 4 is 5.91 Å². The summed E-state index contributed by atoms with van der Waals surface area (Å²) in [5, 5.41) is 12.5. The second kappa shape index (κ2) is 4.45. The Balaban J connectivity index is 2.22. The number of benzene rings is 1. The van der Waals surface area contributed by atoms with Gasteiger partial charge in [-0.1, -0.05) is 18.2 Å². The summed E-state index contributed by atoms with van der Waals surface area (Å²) in [5.74, 6) is -0.0625. The fraction of sp³-hybridized carbons (Fsp3) is 0.333. The first kappa shape index (κ1) is 12.9. The topological polar surface area (TPSA) is 67.2 Å². The van der Waals surface area contributed by atoms with Crippen LogP contribution in [0.25, 0.3) is 0 Å². The van der Waals surface area contributed by atoms with Gasteiger partial charge in [0.1, 0.15) is 0 Å². The molecule has 2 heterocycles. The lowest BCUT2D eigenvalue weighted by Gasteiger charge is -2.41. The smallest absolute Gasteiger partial charge is 0.252 e. The second-order valence-corrected chi connectivity index (χ2v) is 5.62. The van der Waals surface area contributed by atoms with Crippen molar-refractivity contribution in [1.29, 1.82) is 0 Å². The maximum atomic E-state index is 12.2. The first-order valence-corrected chi connectivity index (χ1v) is 6.57. The Morgan fingerprint density at radius 2 is 2.15 bits per heavy atom. The molecule has 0 unspecified atom stereocenters. The predicted molar refractivity (Wildman–Crippen MR) is 74.3 cm³/mol. The number of aliphatic hydroxyl groups excluding tert-OH is 1. The molecule has 5 nitrogen and oxygen atoms in total. The molecule has 1 atom stereocenters. The van der Waals surface area contributed by atoms with Crippen LogP contribution in [-0.4, -0.2) is 26.1 Å². The van der Waals surface area contributed by atoms with Crippen LogP contribution < -0.4 is 5.32 Å². The minimum absolute atomic E-state index is 0.0625. The molecule has 104 valence electrons. The zero-order valence-corrected chi connectivity index (χ0v) is 11.5. The monoisotopic (exact) mass is 271 g/mol. The van der Waals surface area contributed by atoms with E-state index in [1.807, 2.05) is 42.7 Å². The molecule has 0 saturated heterocycles. The largest absolute Gasteiger partial charge is 0.390 e. The molecule has 1 aromatic carbocycles. The molecule has 3 rings (SSSR count). The van der Waals surface area contributed by atoms with E-state index in [4.69, 9.17) is 0 Å². The van der Waals surface area contributed by atoms with E-state index in [1.54, 1.807) is 12.5 Å². The summed E-state index contributed by atoms with van der Waals surface area (Å²) in [7, 11) is 0. The SMILES string of the molecule is CC1(C)NC(=O)c2ccccc2[C@@H]1n1cncc1CO. The summed E-state index contributed by atoms with van der Waals surface area (Å²) in [4.78, 5) is 16.3. The van der Waals surface area contributed by atoms with Gasteiger partial charge in [-0.3, -0.25) is 4.79 Å². The summed E-state index contributed by atoms with van der Waals surface area (Å²) in [6.45, 7) is 3.88. The normalized spacial score (nSPS) is 20.4. The minimum atomic E-state index is -0.462. The van der Waals surface area contributed by atoms with E-state index in [0.717, 1.165) is 11.3 Å².